The number of ether oxygens (including phenoxy) is 1. The van der Waals surface area contributed by atoms with Gasteiger partial charge in [0.05, 0.1) is 12.0 Å². The minimum atomic E-state index is -4.38. The van der Waals surface area contributed by atoms with Crippen LogP contribution in [-0.2, 0) is 11.0 Å². The number of carboxylic acid groups (broad SMARTS) is 1. The lowest BCUT2D eigenvalue weighted by Gasteiger charge is -2.37. The molecule has 1 N–H and O–H groups in total. The van der Waals surface area contributed by atoms with Crippen molar-refractivity contribution in [2.24, 2.45) is 0 Å². The monoisotopic (exact) mass is 522 g/mol. The molecule has 34 heavy (non-hydrogen) atoms. The fourth-order valence-corrected chi connectivity index (χ4v) is 3.60. The van der Waals surface area contributed by atoms with Gasteiger partial charge in [-0.05, 0) is 36.4 Å². The van der Waals surface area contributed by atoms with Crippen LogP contribution in [0.5, 0.6) is 5.75 Å². The van der Waals surface area contributed by atoms with Gasteiger partial charge < -0.3 is 14.7 Å². The van der Waals surface area contributed by atoms with E-state index in [1.807, 2.05) is 0 Å². The summed E-state index contributed by atoms with van der Waals surface area (Å²) in [6, 6.07) is 12.2. The lowest BCUT2D eigenvalue weighted by molar-refractivity contribution is -0.138. The molecule has 0 aromatic heterocycles. The lowest BCUT2D eigenvalue weighted by atomic mass is 10.1. The van der Waals surface area contributed by atoms with Crippen LogP contribution in [0.25, 0.3) is 0 Å². The highest BCUT2D eigenvalue weighted by atomic mass is 35.5. The summed E-state index contributed by atoms with van der Waals surface area (Å²) in [4.78, 5) is 26.4. The molecule has 0 bridgehead atoms. The van der Waals surface area contributed by atoms with Crippen LogP contribution in [0.2, 0.25) is 0 Å². The van der Waals surface area contributed by atoms with E-state index in [0.717, 1.165) is 6.07 Å². The van der Waals surface area contributed by atoms with Crippen molar-refractivity contribution in [3.63, 3.8) is 0 Å². The minimum Gasteiger partial charge on any atom is -0.492 e. The number of para-hydroxylation sites is 1. The van der Waals surface area contributed by atoms with Gasteiger partial charge in [0, 0.05) is 50.4 Å². The third-order valence-corrected chi connectivity index (χ3v) is 5.34. The van der Waals surface area contributed by atoms with Crippen molar-refractivity contribution in [3.8, 4) is 5.75 Å². The Hall–Kier alpha value is -2.49. The lowest BCUT2D eigenvalue weighted by Crippen LogP contribution is -2.48. The largest absolute Gasteiger partial charge is 0.492 e. The van der Waals surface area contributed by atoms with Gasteiger partial charge in [-0.2, -0.15) is 13.2 Å². The van der Waals surface area contributed by atoms with Crippen LogP contribution in [0.4, 0.5) is 18.9 Å². The SMILES string of the molecule is Cl.Cl.O=C(O)CCC(=O)c1ccc(OCCN2CCN(c3ccccc3C(F)(F)F)CC2)cc1. The van der Waals surface area contributed by atoms with Crippen molar-refractivity contribution in [3.05, 3.63) is 59.7 Å². The number of carbonyl (C=O) groups is 2. The molecule has 1 aliphatic heterocycles. The summed E-state index contributed by atoms with van der Waals surface area (Å²) in [5.74, 6) is -0.648. The van der Waals surface area contributed by atoms with Crippen LogP contribution in [0, 0.1) is 0 Å². The van der Waals surface area contributed by atoms with E-state index in [0.29, 0.717) is 50.6 Å². The summed E-state index contributed by atoms with van der Waals surface area (Å²) in [7, 11) is 0. The molecule has 188 valence electrons. The van der Waals surface area contributed by atoms with Crippen molar-refractivity contribution < 1.29 is 32.6 Å². The number of carbonyl (C=O) groups excluding carboxylic acids is 1. The van der Waals surface area contributed by atoms with E-state index in [4.69, 9.17) is 9.84 Å². The van der Waals surface area contributed by atoms with Crippen LogP contribution in [0.15, 0.2) is 48.5 Å². The Morgan fingerprint density at radius 3 is 2.12 bits per heavy atom. The second kappa shape index (κ2) is 13.4. The summed E-state index contributed by atoms with van der Waals surface area (Å²) in [5.41, 5.74) is 0.0458. The summed E-state index contributed by atoms with van der Waals surface area (Å²) in [6.07, 6.45) is -4.63. The van der Waals surface area contributed by atoms with E-state index in [1.54, 1.807) is 35.2 Å². The van der Waals surface area contributed by atoms with Gasteiger partial charge in [0.15, 0.2) is 5.78 Å². The van der Waals surface area contributed by atoms with Gasteiger partial charge in [-0.3, -0.25) is 14.5 Å². The number of piperazine rings is 1. The van der Waals surface area contributed by atoms with Crippen molar-refractivity contribution in [1.82, 2.24) is 4.90 Å². The molecule has 6 nitrogen and oxygen atoms in total. The number of anilines is 1. The highest BCUT2D eigenvalue weighted by Crippen LogP contribution is 2.36. The Kier molecular flexibility index (Phi) is 11.7. The number of benzene rings is 2. The molecule has 0 radical (unpaired) electrons. The number of halogens is 5. The van der Waals surface area contributed by atoms with Crippen molar-refractivity contribution in [1.29, 1.82) is 0 Å². The third kappa shape index (κ3) is 8.38. The van der Waals surface area contributed by atoms with Gasteiger partial charge in [0.2, 0.25) is 0 Å². The molecule has 0 atom stereocenters. The maximum absolute atomic E-state index is 13.3. The fourth-order valence-electron chi connectivity index (χ4n) is 3.60. The first-order chi connectivity index (χ1) is 15.2. The molecule has 0 unspecified atom stereocenters. The Bertz CT molecular complexity index is 935. The fraction of sp³-hybridized carbons (Fsp3) is 0.391. The topological polar surface area (TPSA) is 70.1 Å². The molecule has 1 heterocycles. The summed E-state index contributed by atoms with van der Waals surface area (Å²) < 4.78 is 45.5. The molecule has 2 aromatic carbocycles. The zero-order valence-electron chi connectivity index (χ0n) is 18.3. The van der Waals surface area contributed by atoms with E-state index in [1.165, 1.54) is 12.1 Å². The van der Waals surface area contributed by atoms with E-state index in [2.05, 4.69) is 4.90 Å². The van der Waals surface area contributed by atoms with Crippen LogP contribution in [0.3, 0.4) is 0 Å². The van der Waals surface area contributed by atoms with Crippen molar-refractivity contribution in [2.45, 2.75) is 19.0 Å². The van der Waals surface area contributed by atoms with E-state index in [-0.39, 0.29) is 49.1 Å². The number of alkyl halides is 3. The molecule has 1 fully saturated rings. The van der Waals surface area contributed by atoms with Crippen molar-refractivity contribution >= 4 is 42.3 Å². The van der Waals surface area contributed by atoms with E-state index >= 15 is 0 Å². The number of rotatable bonds is 9. The van der Waals surface area contributed by atoms with Gasteiger partial charge in [0.25, 0.3) is 0 Å². The number of Topliss-reactive ketones (excluding diaryl/α,β-unsaturated/α-hetero) is 1. The summed E-state index contributed by atoms with van der Waals surface area (Å²) in [6.45, 7) is 3.30. The number of aliphatic carboxylic acids is 1. The van der Waals surface area contributed by atoms with Crippen LogP contribution in [0.1, 0.15) is 28.8 Å². The molecular formula is C23H27Cl2F3N2O4. The average molecular weight is 523 g/mol. The first kappa shape index (κ1) is 29.5. The Labute approximate surface area is 208 Å². The highest BCUT2D eigenvalue weighted by Gasteiger charge is 2.35. The predicted molar refractivity (Wildman–Crippen MR) is 128 cm³/mol. The van der Waals surface area contributed by atoms with Crippen LogP contribution in [-0.4, -0.2) is 61.1 Å². The second-order valence-corrected chi connectivity index (χ2v) is 7.53. The number of hydrogen-bond donors (Lipinski definition) is 1. The van der Waals surface area contributed by atoms with E-state index in [9.17, 15) is 22.8 Å². The van der Waals surface area contributed by atoms with E-state index < -0.39 is 17.7 Å². The summed E-state index contributed by atoms with van der Waals surface area (Å²) in [5, 5.41) is 8.65. The molecule has 3 rings (SSSR count). The van der Waals surface area contributed by atoms with Gasteiger partial charge in [-0.15, -0.1) is 24.8 Å². The predicted octanol–water partition coefficient (Wildman–Crippen LogP) is 4.80. The molecule has 0 saturated carbocycles. The van der Waals surface area contributed by atoms with Gasteiger partial charge >= 0.3 is 12.1 Å². The second-order valence-electron chi connectivity index (χ2n) is 7.53. The zero-order valence-corrected chi connectivity index (χ0v) is 19.9. The molecule has 2 aromatic rings. The van der Waals surface area contributed by atoms with Gasteiger partial charge in [-0.25, -0.2) is 0 Å². The zero-order chi connectivity index (χ0) is 23.1. The number of carboxylic acids is 1. The first-order valence-electron chi connectivity index (χ1n) is 10.4. The maximum atomic E-state index is 13.3. The minimum absolute atomic E-state index is 0. The maximum Gasteiger partial charge on any atom is 0.418 e. The molecule has 1 saturated heterocycles. The van der Waals surface area contributed by atoms with Crippen LogP contribution >= 0.6 is 24.8 Å². The molecule has 0 aliphatic carbocycles. The quantitative estimate of drug-likeness (QED) is 0.477. The van der Waals surface area contributed by atoms with Crippen LogP contribution < -0.4 is 9.64 Å². The molecule has 0 spiro atoms. The summed E-state index contributed by atoms with van der Waals surface area (Å²) >= 11 is 0. The number of nitrogens with zero attached hydrogens (tertiary/aromatic N) is 2. The normalized spacial score (nSPS) is 14.0. The Morgan fingerprint density at radius 1 is 0.912 bits per heavy atom. The standard InChI is InChI=1S/C23H25F3N2O4.2ClH/c24-23(25,26)19-3-1-2-4-20(19)28-13-11-27(12-14-28)15-16-32-18-7-5-17(6-8-18)21(29)9-10-22(30)31;;/h1-8H,9-16H2,(H,30,31);2*1H. The van der Waals surface area contributed by atoms with Gasteiger partial charge in [-0.1, -0.05) is 12.1 Å². The Balaban J connectivity index is 0.00000289. The smallest absolute Gasteiger partial charge is 0.418 e. The average Bonchev–Trinajstić information content (AvgIpc) is 2.78. The van der Waals surface area contributed by atoms with Crippen molar-refractivity contribution in [2.75, 3.05) is 44.2 Å². The first-order valence-corrected chi connectivity index (χ1v) is 10.4. The third-order valence-electron chi connectivity index (χ3n) is 5.34. The molecule has 0 amide bonds. The number of hydrogen-bond acceptors (Lipinski definition) is 5. The number of ketones is 1. The molecule has 11 heteroatoms. The Morgan fingerprint density at radius 2 is 1.53 bits per heavy atom. The molecular weight excluding hydrogens is 496 g/mol. The highest BCUT2D eigenvalue weighted by molar-refractivity contribution is 5.97. The molecule has 1 aliphatic rings. The van der Waals surface area contributed by atoms with Gasteiger partial charge in [0.1, 0.15) is 12.4 Å².